The lowest BCUT2D eigenvalue weighted by molar-refractivity contribution is 0.0996. The molecule has 2 atom stereocenters. The summed E-state index contributed by atoms with van der Waals surface area (Å²) in [6, 6.07) is 5.54. The number of carbonyl (C=O) groups is 1. The second-order valence-electron chi connectivity index (χ2n) is 6.27. The first-order chi connectivity index (χ1) is 9.68. The second-order valence-corrected chi connectivity index (χ2v) is 6.27. The van der Waals surface area contributed by atoms with Crippen LogP contribution in [-0.4, -0.2) is 22.2 Å². The Balaban J connectivity index is 2.32. The van der Waals surface area contributed by atoms with Crippen LogP contribution in [-0.2, 0) is 10.2 Å². The largest absolute Gasteiger partial charge is 0.445 e. The molecule has 0 spiro atoms. The predicted molar refractivity (Wildman–Crippen MR) is 81.9 cm³/mol. The van der Waals surface area contributed by atoms with Gasteiger partial charge in [0.25, 0.3) is 0 Å². The zero-order valence-electron chi connectivity index (χ0n) is 12.8. The van der Waals surface area contributed by atoms with Crippen molar-refractivity contribution < 1.29 is 9.53 Å². The Kier molecular flexibility index (Phi) is 3.91. The molecule has 1 aromatic carbocycles. The number of aromatic nitrogens is 2. The highest BCUT2D eigenvalue weighted by Gasteiger charge is 2.22. The number of imidazole rings is 1. The molecule has 0 aliphatic rings. The number of primary amides is 1. The number of fused-ring (bicyclic) bond motifs is 1. The van der Waals surface area contributed by atoms with E-state index < -0.39 is 18.2 Å². The van der Waals surface area contributed by atoms with Crippen LogP contribution in [0.25, 0.3) is 11.0 Å². The van der Waals surface area contributed by atoms with Crippen molar-refractivity contribution in [3.63, 3.8) is 0 Å². The van der Waals surface area contributed by atoms with Crippen molar-refractivity contribution in [2.24, 2.45) is 11.5 Å². The molecule has 2 aromatic rings. The molecule has 0 unspecified atom stereocenters. The van der Waals surface area contributed by atoms with Crippen LogP contribution in [0.4, 0.5) is 4.79 Å². The van der Waals surface area contributed by atoms with Gasteiger partial charge in [0.15, 0.2) is 0 Å². The number of nitrogens with two attached hydrogens (primary N) is 2. The predicted octanol–water partition coefficient (Wildman–Crippen LogP) is 2.34. The Morgan fingerprint density at radius 1 is 1.38 bits per heavy atom. The molecule has 0 aliphatic heterocycles. The third-order valence-corrected chi connectivity index (χ3v) is 3.49. The summed E-state index contributed by atoms with van der Waals surface area (Å²) in [5, 5.41) is 0. The fraction of sp³-hybridized carbons (Fsp3) is 0.467. The van der Waals surface area contributed by atoms with E-state index in [0.29, 0.717) is 5.82 Å². The van der Waals surface area contributed by atoms with Gasteiger partial charge in [0.05, 0.1) is 11.0 Å². The number of H-pyrrole nitrogens is 1. The minimum absolute atomic E-state index is 0.0534. The number of hydrogen-bond donors (Lipinski definition) is 3. The van der Waals surface area contributed by atoms with Crippen LogP contribution in [0.15, 0.2) is 18.2 Å². The van der Waals surface area contributed by atoms with Crippen molar-refractivity contribution in [1.82, 2.24) is 9.97 Å². The van der Waals surface area contributed by atoms with E-state index in [1.54, 1.807) is 6.92 Å². The lowest BCUT2D eigenvalue weighted by Gasteiger charge is -2.18. The van der Waals surface area contributed by atoms with E-state index in [2.05, 4.69) is 36.8 Å². The molecule has 1 amide bonds. The summed E-state index contributed by atoms with van der Waals surface area (Å²) in [5.74, 6) is 0.574. The van der Waals surface area contributed by atoms with Crippen molar-refractivity contribution in [2.45, 2.75) is 45.3 Å². The van der Waals surface area contributed by atoms with E-state index in [9.17, 15) is 4.79 Å². The van der Waals surface area contributed by atoms with Crippen molar-refractivity contribution in [3.8, 4) is 0 Å². The van der Waals surface area contributed by atoms with Crippen LogP contribution in [0, 0.1) is 0 Å². The van der Waals surface area contributed by atoms with Gasteiger partial charge in [-0.25, -0.2) is 9.78 Å². The van der Waals surface area contributed by atoms with Crippen LogP contribution in [0.5, 0.6) is 0 Å². The molecule has 0 saturated carbocycles. The normalized spacial score (nSPS) is 14.9. The summed E-state index contributed by atoms with van der Waals surface area (Å²) in [5.41, 5.74) is 14.1. The molecule has 114 valence electrons. The Bertz CT molecular complexity index is 657. The molecule has 6 heteroatoms. The van der Waals surface area contributed by atoms with Crippen molar-refractivity contribution in [1.29, 1.82) is 0 Å². The Morgan fingerprint density at radius 2 is 2.05 bits per heavy atom. The van der Waals surface area contributed by atoms with Crippen LogP contribution in [0.3, 0.4) is 0 Å². The van der Waals surface area contributed by atoms with Gasteiger partial charge in [0.2, 0.25) is 0 Å². The van der Waals surface area contributed by atoms with Gasteiger partial charge in [-0.05, 0) is 30.0 Å². The van der Waals surface area contributed by atoms with Crippen molar-refractivity contribution in [3.05, 3.63) is 29.6 Å². The maximum Gasteiger partial charge on any atom is 0.404 e. The smallest absolute Gasteiger partial charge is 0.404 e. The number of amides is 1. The minimum Gasteiger partial charge on any atom is -0.445 e. The summed E-state index contributed by atoms with van der Waals surface area (Å²) >= 11 is 0. The van der Waals surface area contributed by atoms with Gasteiger partial charge in [-0.3, -0.25) is 0 Å². The average Bonchev–Trinajstić information content (AvgIpc) is 2.78. The first-order valence-corrected chi connectivity index (χ1v) is 6.90. The first-order valence-electron chi connectivity index (χ1n) is 6.90. The Hall–Kier alpha value is -2.08. The lowest BCUT2D eigenvalue weighted by atomic mass is 9.87. The summed E-state index contributed by atoms with van der Waals surface area (Å²) in [4.78, 5) is 18.4. The molecule has 0 aliphatic carbocycles. The second kappa shape index (κ2) is 5.37. The molecule has 0 radical (unpaired) electrons. The number of carbonyl (C=O) groups excluding carboxylic acids is 1. The van der Waals surface area contributed by atoms with Gasteiger partial charge >= 0.3 is 6.09 Å². The van der Waals surface area contributed by atoms with E-state index in [1.807, 2.05) is 12.1 Å². The number of rotatable bonds is 3. The highest BCUT2D eigenvalue weighted by Crippen LogP contribution is 2.26. The van der Waals surface area contributed by atoms with E-state index in [1.165, 1.54) is 5.56 Å². The maximum atomic E-state index is 10.8. The van der Waals surface area contributed by atoms with Crippen molar-refractivity contribution in [2.75, 3.05) is 0 Å². The van der Waals surface area contributed by atoms with E-state index >= 15 is 0 Å². The van der Waals surface area contributed by atoms with E-state index in [0.717, 1.165) is 11.0 Å². The summed E-state index contributed by atoms with van der Waals surface area (Å²) in [7, 11) is 0. The molecule has 1 aromatic heterocycles. The zero-order valence-corrected chi connectivity index (χ0v) is 12.8. The van der Waals surface area contributed by atoms with E-state index in [4.69, 9.17) is 16.2 Å². The van der Waals surface area contributed by atoms with E-state index in [-0.39, 0.29) is 5.41 Å². The van der Waals surface area contributed by atoms with Crippen LogP contribution < -0.4 is 11.5 Å². The van der Waals surface area contributed by atoms with Gasteiger partial charge in [0.1, 0.15) is 18.0 Å². The van der Waals surface area contributed by atoms with Gasteiger partial charge in [-0.15, -0.1) is 0 Å². The summed E-state index contributed by atoms with van der Waals surface area (Å²) in [6.07, 6.45) is -1.39. The molecule has 0 bridgehead atoms. The molecule has 0 fully saturated rings. The standard InChI is InChI=1S/C15H22N4O2/c1-8(21-14(17)20)12(16)13-18-10-6-5-9(15(2,3)4)7-11(10)19-13/h5-8,12H,16H2,1-4H3,(H2,17,20)(H,18,19)/t8-,12-/m0/s1. The lowest BCUT2D eigenvalue weighted by Crippen LogP contribution is -2.31. The Morgan fingerprint density at radius 3 is 2.62 bits per heavy atom. The number of benzene rings is 1. The molecule has 6 nitrogen and oxygen atoms in total. The highest BCUT2D eigenvalue weighted by molar-refractivity contribution is 5.76. The SMILES string of the molecule is C[C@H](OC(N)=O)[C@H](N)c1nc2cc(C(C)(C)C)ccc2[nH]1. The van der Waals surface area contributed by atoms with Crippen LogP contribution in [0.1, 0.15) is 45.1 Å². The highest BCUT2D eigenvalue weighted by atomic mass is 16.6. The van der Waals surface area contributed by atoms with Crippen molar-refractivity contribution >= 4 is 17.1 Å². The number of nitrogens with one attached hydrogen (secondary N) is 1. The molecule has 1 heterocycles. The maximum absolute atomic E-state index is 10.8. The molecule has 2 rings (SSSR count). The van der Waals surface area contributed by atoms with Gasteiger partial charge in [-0.2, -0.15) is 0 Å². The number of hydrogen-bond acceptors (Lipinski definition) is 4. The summed E-state index contributed by atoms with van der Waals surface area (Å²) < 4.78 is 4.89. The molecule has 21 heavy (non-hydrogen) atoms. The summed E-state index contributed by atoms with van der Waals surface area (Å²) in [6.45, 7) is 8.13. The van der Waals surface area contributed by atoms with Crippen LogP contribution in [0.2, 0.25) is 0 Å². The van der Waals surface area contributed by atoms with Gasteiger partial charge in [-0.1, -0.05) is 26.8 Å². The molecular weight excluding hydrogens is 268 g/mol. The van der Waals surface area contributed by atoms with Gasteiger partial charge < -0.3 is 21.2 Å². The monoisotopic (exact) mass is 290 g/mol. The molecule has 0 saturated heterocycles. The Labute approximate surface area is 123 Å². The van der Waals surface area contributed by atoms with Crippen LogP contribution >= 0.6 is 0 Å². The third-order valence-electron chi connectivity index (χ3n) is 3.49. The number of aromatic amines is 1. The number of nitrogens with zero attached hydrogens (tertiary/aromatic N) is 1. The minimum atomic E-state index is -0.843. The quantitative estimate of drug-likeness (QED) is 0.806. The van der Waals surface area contributed by atoms with Gasteiger partial charge in [0, 0.05) is 0 Å². The molecule has 5 N–H and O–H groups in total. The topological polar surface area (TPSA) is 107 Å². The zero-order chi connectivity index (χ0) is 15.8. The fourth-order valence-corrected chi connectivity index (χ4v) is 2.13. The first kappa shape index (κ1) is 15.3. The third kappa shape index (κ3) is 3.33. The fourth-order valence-electron chi connectivity index (χ4n) is 2.13. The average molecular weight is 290 g/mol. The molecular formula is C15H22N4O2. The number of ether oxygens (including phenoxy) is 1.